The fourth-order valence-electron chi connectivity index (χ4n) is 4.03. The zero-order valence-corrected chi connectivity index (χ0v) is 14.7. The molecule has 0 N–H and O–H groups in total. The lowest BCUT2D eigenvalue weighted by Crippen LogP contribution is -2.44. The van der Waals surface area contributed by atoms with Gasteiger partial charge in [0.05, 0.1) is 5.56 Å². The summed E-state index contributed by atoms with van der Waals surface area (Å²) in [6, 6.07) is 5.79. The number of fused-ring (bicyclic) bond motifs is 1. The Labute approximate surface area is 144 Å². The minimum absolute atomic E-state index is 0.0836. The van der Waals surface area contributed by atoms with Crippen molar-refractivity contribution < 1.29 is 14.3 Å². The van der Waals surface area contributed by atoms with E-state index < -0.39 is 5.97 Å². The second kappa shape index (κ2) is 7.37. The molecule has 0 spiro atoms. The number of rotatable bonds is 3. The summed E-state index contributed by atoms with van der Waals surface area (Å²) in [5, 5.41) is 0. The maximum absolute atomic E-state index is 12.3. The van der Waals surface area contributed by atoms with Crippen LogP contribution in [0, 0.1) is 11.8 Å². The van der Waals surface area contributed by atoms with E-state index in [-0.39, 0.29) is 12.5 Å². The number of piperidine rings is 1. The number of hydrogen-bond acceptors (Lipinski definition) is 3. The van der Waals surface area contributed by atoms with E-state index in [1.165, 1.54) is 24.0 Å². The van der Waals surface area contributed by atoms with Gasteiger partial charge in [0.2, 0.25) is 0 Å². The van der Waals surface area contributed by atoms with Crippen molar-refractivity contribution in [2.24, 2.45) is 11.8 Å². The number of benzene rings is 1. The Balaban J connectivity index is 1.56. The molecule has 2 aliphatic rings. The van der Waals surface area contributed by atoms with Gasteiger partial charge in [-0.05, 0) is 67.2 Å². The van der Waals surface area contributed by atoms with Crippen LogP contribution in [0.1, 0.15) is 54.6 Å². The largest absolute Gasteiger partial charge is 0.452 e. The molecule has 1 aliphatic carbocycles. The van der Waals surface area contributed by atoms with Gasteiger partial charge in [-0.1, -0.05) is 19.9 Å². The molecule has 1 aliphatic heterocycles. The monoisotopic (exact) mass is 329 g/mol. The zero-order chi connectivity index (χ0) is 17.1. The lowest BCUT2D eigenvalue weighted by Gasteiger charge is -2.34. The first kappa shape index (κ1) is 17.0. The number of hydrogen-bond donors (Lipinski definition) is 0. The third-order valence-corrected chi connectivity index (χ3v) is 5.13. The highest BCUT2D eigenvalue weighted by atomic mass is 16.5. The number of aryl methyl sites for hydroxylation is 2. The van der Waals surface area contributed by atoms with Crippen LogP contribution in [0.5, 0.6) is 0 Å². The van der Waals surface area contributed by atoms with Crippen LogP contribution in [0.2, 0.25) is 0 Å². The van der Waals surface area contributed by atoms with E-state index in [0.717, 1.165) is 32.4 Å². The maximum atomic E-state index is 12.3. The Morgan fingerprint density at radius 2 is 1.75 bits per heavy atom. The van der Waals surface area contributed by atoms with Crippen LogP contribution in [0.15, 0.2) is 18.2 Å². The van der Waals surface area contributed by atoms with Crippen molar-refractivity contribution in [2.75, 3.05) is 19.7 Å². The Morgan fingerprint density at radius 1 is 1.08 bits per heavy atom. The summed E-state index contributed by atoms with van der Waals surface area (Å²) in [6.07, 6.45) is 5.67. The van der Waals surface area contributed by atoms with Gasteiger partial charge in [0.25, 0.3) is 5.91 Å². The highest BCUT2D eigenvalue weighted by Gasteiger charge is 2.26. The average Bonchev–Trinajstić information content (AvgIpc) is 2.58. The predicted molar refractivity (Wildman–Crippen MR) is 92.9 cm³/mol. The molecule has 0 radical (unpaired) electrons. The number of carbonyl (C=O) groups excluding carboxylic acids is 2. The summed E-state index contributed by atoms with van der Waals surface area (Å²) in [4.78, 5) is 26.4. The Bertz CT molecular complexity index is 615. The Kier molecular flexibility index (Phi) is 5.22. The van der Waals surface area contributed by atoms with E-state index >= 15 is 0 Å². The third kappa shape index (κ3) is 3.97. The van der Waals surface area contributed by atoms with Crippen molar-refractivity contribution in [2.45, 2.75) is 46.0 Å². The average molecular weight is 329 g/mol. The fourth-order valence-corrected chi connectivity index (χ4v) is 4.03. The molecule has 2 atom stereocenters. The van der Waals surface area contributed by atoms with Crippen molar-refractivity contribution >= 4 is 11.9 Å². The second-order valence-corrected chi connectivity index (χ2v) is 7.51. The predicted octanol–water partition coefficient (Wildman–Crippen LogP) is 3.23. The summed E-state index contributed by atoms with van der Waals surface area (Å²) in [5.74, 6) is 0.539. The van der Waals surface area contributed by atoms with E-state index in [1.54, 1.807) is 0 Å². The van der Waals surface area contributed by atoms with Gasteiger partial charge in [0.15, 0.2) is 6.61 Å². The van der Waals surface area contributed by atoms with Gasteiger partial charge in [-0.3, -0.25) is 4.79 Å². The Morgan fingerprint density at radius 3 is 2.46 bits per heavy atom. The van der Waals surface area contributed by atoms with Crippen LogP contribution < -0.4 is 0 Å². The lowest BCUT2D eigenvalue weighted by molar-refractivity contribution is -0.137. The number of nitrogens with zero attached hydrogens (tertiary/aromatic N) is 1. The highest BCUT2D eigenvalue weighted by molar-refractivity contribution is 5.91. The van der Waals surface area contributed by atoms with Crippen LogP contribution in [0.3, 0.4) is 0 Å². The first-order valence-corrected chi connectivity index (χ1v) is 9.09. The van der Waals surface area contributed by atoms with Gasteiger partial charge < -0.3 is 9.64 Å². The summed E-state index contributed by atoms with van der Waals surface area (Å²) in [7, 11) is 0. The van der Waals surface area contributed by atoms with Crippen LogP contribution in [-0.4, -0.2) is 36.5 Å². The molecule has 4 nitrogen and oxygen atoms in total. The van der Waals surface area contributed by atoms with E-state index in [2.05, 4.69) is 13.8 Å². The molecule has 4 heteroatoms. The number of likely N-dealkylation sites (tertiary alicyclic amines) is 1. The van der Waals surface area contributed by atoms with E-state index in [9.17, 15) is 9.59 Å². The van der Waals surface area contributed by atoms with E-state index in [0.29, 0.717) is 17.4 Å². The lowest BCUT2D eigenvalue weighted by atomic mass is 9.90. The van der Waals surface area contributed by atoms with Gasteiger partial charge >= 0.3 is 5.97 Å². The standard InChI is InChI=1S/C20H27NO3/c1-14-9-15(2)12-21(11-14)19(22)13-24-20(23)18-8-7-16-5-3-4-6-17(16)10-18/h7-8,10,14-15H,3-6,9,11-13H2,1-2H3. The first-order valence-electron chi connectivity index (χ1n) is 9.09. The summed E-state index contributed by atoms with van der Waals surface area (Å²) in [6.45, 7) is 5.69. The van der Waals surface area contributed by atoms with Crippen LogP contribution in [-0.2, 0) is 22.4 Å². The molecule has 1 amide bonds. The van der Waals surface area contributed by atoms with Crippen molar-refractivity contribution in [1.29, 1.82) is 0 Å². The fraction of sp³-hybridized carbons (Fsp3) is 0.600. The topological polar surface area (TPSA) is 46.6 Å². The van der Waals surface area contributed by atoms with Crippen LogP contribution in [0.4, 0.5) is 0 Å². The van der Waals surface area contributed by atoms with Crippen molar-refractivity contribution in [3.05, 3.63) is 34.9 Å². The minimum Gasteiger partial charge on any atom is -0.452 e. The van der Waals surface area contributed by atoms with Crippen molar-refractivity contribution in [1.82, 2.24) is 4.90 Å². The molecule has 0 aromatic heterocycles. The first-order chi connectivity index (χ1) is 11.5. The number of carbonyl (C=O) groups is 2. The van der Waals surface area contributed by atoms with Gasteiger partial charge in [-0.15, -0.1) is 0 Å². The Hall–Kier alpha value is -1.84. The molecule has 130 valence electrons. The smallest absolute Gasteiger partial charge is 0.338 e. The van der Waals surface area contributed by atoms with Crippen molar-refractivity contribution in [3.8, 4) is 0 Å². The normalized spacial score (nSPS) is 23.5. The zero-order valence-electron chi connectivity index (χ0n) is 14.7. The molecular weight excluding hydrogens is 302 g/mol. The number of ether oxygens (including phenoxy) is 1. The van der Waals surface area contributed by atoms with E-state index in [1.807, 2.05) is 23.1 Å². The summed E-state index contributed by atoms with van der Waals surface area (Å²) < 4.78 is 5.27. The van der Waals surface area contributed by atoms with Gasteiger partial charge in [0.1, 0.15) is 0 Å². The molecule has 1 fully saturated rings. The SMILES string of the molecule is CC1CC(C)CN(C(=O)COC(=O)c2ccc3c(c2)CCCC3)C1. The molecule has 3 rings (SSSR count). The quantitative estimate of drug-likeness (QED) is 0.800. The number of amides is 1. The molecule has 1 heterocycles. The number of esters is 1. The van der Waals surface area contributed by atoms with Crippen LogP contribution >= 0.6 is 0 Å². The molecule has 0 bridgehead atoms. The van der Waals surface area contributed by atoms with Gasteiger partial charge in [-0.2, -0.15) is 0 Å². The molecule has 1 aromatic carbocycles. The maximum Gasteiger partial charge on any atom is 0.338 e. The summed E-state index contributed by atoms with van der Waals surface area (Å²) >= 11 is 0. The van der Waals surface area contributed by atoms with Crippen LogP contribution in [0.25, 0.3) is 0 Å². The summed E-state index contributed by atoms with van der Waals surface area (Å²) in [5.41, 5.74) is 3.15. The molecule has 24 heavy (non-hydrogen) atoms. The minimum atomic E-state index is -0.394. The van der Waals surface area contributed by atoms with Gasteiger partial charge in [-0.25, -0.2) is 4.79 Å². The molecular formula is C20H27NO3. The molecule has 1 aromatic rings. The van der Waals surface area contributed by atoms with E-state index in [4.69, 9.17) is 4.74 Å². The second-order valence-electron chi connectivity index (χ2n) is 7.51. The third-order valence-electron chi connectivity index (χ3n) is 5.13. The van der Waals surface area contributed by atoms with Gasteiger partial charge in [0, 0.05) is 13.1 Å². The highest BCUT2D eigenvalue weighted by Crippen LogP contribution is 2.23. The van der Waals surface area contributed by atoms with Crippen molar-refractivity contribution in [3.63, 3.8) is 0 Å². The molecule has 2 unspecified atom stereocenters. The molecule has 1 saturated heterocycles. The molecule has 0 saturated carbocycles.